The summed E-state index contributed by atoms with van der Waals surface area (Å²) in [5.74, 6) is -2.23. The third-order valence-corrected chi connectivity index (χ3v) is 2.16. The zero-order chi connectivity index (χ0) is 13.1. The molecular formula is C11H13FN2O3. The largest absolute Gasteiger partial charge is 0.481 e. The first kappa shape index (κ1) is 13.1. The van der Waals surface area contributed by atoms with Crippen LogP contribution in [0, 0.1) is 11.4 Å². The van der Waals surface area contributed by atoms with Crippen molar-refractivity contribution in [3.05, 3.63) is 24.1 Å². The van der Waals surface area contributed by atoms with Gasteiger partial charge in [0.25, 0.3) is 0 Å². The molecule has 1 aromatic rings. The number of rotatable bonds is 4. The zero-order valence-corrected chi connectivity index (χ0v) is 9.53. The number of hydrogen-bond acceptors (Lipinski definition) is 3. The molecule has 1 amide bonds. The number of nitrogens with one attached hydrogen (secondary N) is 1. The van der Waals surface area contributed by atoms with Gasteiger partial charge in [0.15, 0.2) is 0 Å². The molecule has 0 aliphatic carbocycles. The van der Waals surface area contributed by atoms with Crippen LogP contribution in [0.1, 0.15) is 20.3 Å². The minimum atomic E-state index is -1.17. The Kier molecular flexibility index (Phi) is 3.77. The predicted molar refractivity (Wildman–Crippen MR) is 58.9 cm³/mol. The fourth-order valence-electron chi connectivity index (χ4n) is 1.14. The Hall–Kier alpha value is -1.98. The van der Waals surface area contributed by atoms with Crippen molar-refractivity contribution in [2.24, 2.45) is 5.41 Å². The van der Waals surface area contributed by atoms with E-state index in [1.165, 1.54) is 26.0 Å². The van der Waals surface area contributed by atoms with Gasteiger partial charge < -0.3 is 10.4 Å². The van der Waals surface area contributed by atoms with Crippen LogP contribution in [-0.4, -0.2) is 22.0 Å². The molecule has 6 heteroatoms. The summed E-state index contributed by atoms with van der Waals surface area (Å²) in [5, 5.41) is 11.2. The molecule has 0 aromatic carbocycles. The molecule has 1 rings (SSSR count). The number of carbonyl (C=O) groups excluding carboxylic acids is 1. The number of aromatic nitrogens is 1. The molecule has 17 heavy (non-hydrogen) atoms. The highest BCUT2D eigenvalue weighted by atomic mass is 19.1. The van der Waals surface area contributed by atoms with E-state index in [2.05, 4.69) is 10.3 Å². The van der Waals surface area contributed by atoms with E-state index in [4.69, 9.17) is 5.11 Å². The Morgan fingerprint density at radius 3 is 2.65 bits per heavy atom. The van der Waals surface area contributed by atoms with Gasteiger partial charge in [0, 0.05) is 6.42 Å². The van der Waals surface area contributed by atoms with Crippen molar-refractivity contribution >= 4 is 17.7 Å². The first-order chi connectivity index (χ1) is 7.81. The number of anilines is 1. The van der Waals surface area contributed by atoms with Crippen LogP contribution in [0.2, 0.25) is 0 Å². The monoisotopic (exact) mass is 240 g/mol. The normalized spacial score (nSPS) is 11.0. The van der Waals surface area contributed by atoms with Gasteiger partial charge in [-0.25, -0.2) is 4.98 Å². The summed E-state index contributed by atoms with van der Waals surface area (Å²) in [4.78, 5) is 25.8. The average Bonchev–Trinajstić information content (AvgIpc) is 2.15. The molecule has 0 saturated carbocycles. The van der Waals surface area contributed by atoms with Crippen LogP contribution in [0.25, 0.3) is 0 Å². The Morgan fingerprint density at radius 2 is 2.12 bits per heavy atom. The summed E-state index contributed by atoms with van der Waals surface area (Å²) >= 11 is 0. The van der Waals surface area contributed by atoms with Crippen molar-refractivity contribution in [1.29, 1.82) is 0 Å². The molecule has 0 saturated heterocycles. The number of pyridine rings is 1. The maximum absolute atomic E-state index is 12.7. The van der Waals surface area contributed by atoms with Crippen LogP contribution in [0.4, 0.5) is 10.2 Å². The van der Waals surface area contributed by atoms with Crippen LogP contribution >= 0.6 is 0 Å². The molecule has 2 N–H and O–H groups in total. The van der Waals surface area contributed by atoms with Crippen LogP contribution in [0.3, 0.4) is 0 Å². The topological polar surface area (TPSA) is 79.3 Å². The van der Waals surface area contributed by atoms with E-state index >= 15 is 0 Å². The molecule has 0 spiro atoms. The Balaban J connectivity index is 2.65. The second-order valence-corrected chi connectivity index (χ2v) is 4.26. The SMILES string of the molecule is CC(C)(CC(=O)Nc1cccc(F)n1)C(=O)O. The molecule has 0 fully saturated rings. The van der Waals surface area contributed by atoms with Crippen molar-refractivity contribution in [2.75, 3.05) is 5.32 Å². The molecule has 0 atom stereocenters. The molecule has 1 aromatic heterocycles. The van der Waals surface area contributed by atoms with E-state index in [9.17, 15) is 14.0 Å². The Labute approximate surface area is 97.7 Å². The fraction of sp³-hybridized carbons (Fsp3) is 0.364. The molecule has 0 bridgehead atoms. The Bertz CT molecular complexity index is 446. The van der Waals surface area contributed by atoms with Crippen molar-refractivity contribution in [1.82, 2.24) is 4.98 Å². The zero-order valence-electron chi connectivity index (χ0n) is 9.53. The third kappa shape index (κ3) is 3.82. The summed E-state index contributed by atoms with van der Waals surface area (Å²) in [6, 6.07) is 3.98. The van der Waals surface area contributed by atoms with Crippen molar-refractivity contribution < 1.29 is 19.1 Å². The minimum Gasteiger partial charge on any atom is -0.481 e. The summed E-state index contributed by atoms with van der Waals surface area (Å²) in [6.07, 6.45) is -0.208. The molecule has 0 unspecified atom stereocenters. The maximum atomic E-state index is 12.7. The first-order valence-electron chi connectivity index (χ1n) is 4.97. The number of hydrogen-bond donors (Lipinski definition) is 2. The highest BCUT2D eigenvalue weighted by Crippen LogP contribution is 2.21. The average molecular weight is 240 g/mol. The molecule has 92 valence electrons. The lowest BCUT2D eigenvalue weighted by Gasteiger charge is -2.17. The molecule has 5 nitrogen and oxygen atoms in total. The van der Waals surface area contributed by atoms with Crippen LogP contribution in [0.15, 0.2) is 18.2 Å². The number of carbonyl (C=O) groups is 2. The number of halogens is 1. The fourth-order valence-corrected chi connectivity index (χ4v) is 1.14. The Morgan fingerprint density at radius 1 is 1.47 bits per heavy atom. The number of amides is 1. The maximum Gasteiger partial charge on any atom is 0.309 e. The van der Waals surface area contributed by atoms with Crippen molar-refractivity contribution in [3.8, 4) is 0 Å². The van der Waals surface area contributed by atoms with Crippen LogP contribution in [0.5, 0.6) is 0 Å². The predicted octanol–water partition coefficient (Wildman–Crippen LogP) is 1.66. The van der Waals surface area contributed by atoms with Gasteiger partial charge in [-0.1, -0.05) is 6.07 Å². The number of aliphatic carboxylic acids is 1. The van der Waals surface area contributed by atoms with Crippen LogP contribution in [-0.2, 0) is 9.59 Å². The summed E-state index contributed by atoms with van der Waals surface area (Å²) < 4.78 is 12.7. The quantitative estimate of drug-likeness (QED) is 0.784. The van der Waals surface area contributed by atoms with Gasteiger partial charge in [-0.05, 0) is 26.0 Å². The summed E-state index contributed by atoms with van der Waals surface area (Å²) in [5.41, 5.74) is -1.17. The lowest BCUT2D eigenvalue weighted by atomic mass is 9.89. The van der Waals surface area contributed by atoms with Gasteiger partial charge in [0.1, 0.15) is 5.82 Å². The highest BCUT2D eigenvalue weighted by molar-refractivity contribution is 5.93. The van der Waals surface area contributed by atoms with Gasteiger partial charge in [0.2, 0.25) is 11.9 Å². The lowest BCUT2D eigenvalue weighted by molar-refractivity contribution is -0.148. The van der Waals surface area contributed by atoms with E-state index in [0.717, 1.165) is 6.07 Å². The second-order valence-electron chi connectivity index (χ2n) is 4.26. The molecule has 0 radical (unpaired) electrons. The van der Waals surface area contributed by atoms with Gasteiger partial charge >= 0.3 is 5.97 Å². The van der Waals surface area contributed by atoms with Gasteiger partial charge in [0.05, 0.1) is 5.41 Å². The van der Waals surface area contributed by atoms with E-state index in [-0.39, 0.29) is 12.2 Å². The molecular weight excluding hydrogens is 227 g/mol. The van der Waals surface area contributed by atoms with E-state index in [1.54, 1.807) is 0 Å². The third-order valence-electron chi connectivity index (χ3n) is 2.16. The number of carboxylic acids is 1. The molecule has 1 heterocycles. The number of carboxylic acid groups (broad SMARTS) is 1. The molecule has 0 aliphatic rings. The van der Waals surface area contributed by atoms with E-state index < -0.39 is 23.2 Å². The van der Waals surface area contributed by atoms with Gasteiger partial charge in [-0.3, -0.25) is 9.59 Å². The second kappa shape index (κ2) is 4.90. The summed E-state index contributed by atoms with van der Waals surface area (Å²) in [7, 11) is 0. The first-order valence-corrected chi connectivity index (χ1v) is 4.97. The van der Waals surface area contributed by atoms with Gasteiger partial charge in [-0.15, -0.1) is 0 Å². The molecule has 0 aliphatic heterocycles. The number of nitrogens with zero attached hydrogens (tertiary/aromatic N) is 1. The smallest absolute Gasteiger partial charge is 0.309 e. The lowest BCUT2D eigenvalue weighted by Crippen LogP contribution is -2.29. The van der Waals surface area contributed by atoms with E-state index in [0.29, 0.717) is 0 Å². The standard InChI is InChI=1S/C11H13FN2O3/c1-11(2,10(16)17)6-9(15)14-8-5-3-4-7(12)13-8/h3-5H,6H2,1-2H3,(H,16,17)(H,13,14,15). The minimum absolute atomic E-state index is 0.0659. The van der Waals surface area contributed by atoms with Crippen molar-refractivity contribution in [3.63, 3.8) is 0 Å². The van der Waals surface area contributed by atoms with Crippen LogP contribution < -0.4 is 5.32 Å². The van der Waals surface area contributed by atoms with E-state index in [1.807, 2.05) is 0 Å². The van der Waals surface area contributed by atoms with Gasteiger partial charge in [-0.2, -0.15) is 4.39 Å². The van der Waals surface area contributed by atoms with Crippen molar-refractivity contribution in [2.45, 2.75) is 20.3 Å². The summed E-state index contributed by atoms with van der Waals surface area (Å²) in [6.45, 7) is 2.88. The highest BCUT2D eigenvalue weighted by Gasteiger charge is 2.30.